The fourth-order valence-electron chi connectivity index (χ4n) is 3.89. The summed E-state index contributed by atoms with van der Waals surface area (Å²) in [5.41, 5.74) is 5.49. The molecule has 1 aromatic heterocycles. The van der Waals surface area contributed by atoms with Crippen molar-refractivity contribution in [2.24, 2.45) is 16.8 Å². The van der Waals surface area contributed by atoms with Crippen LogP contribution in [0.15, 0.2) is 35.7 Å². The number of carbonyl (C=O) groups excluding carboxylic acids is 2. The fourth-order valence-corrected chi connectivity index (χ4v) is 3.89. The smallest absolute Gasteiger partial charge is 0.267 e. The molecule has 162 valence electrons. The van der Waals surface area contributed by atoms with E-state index in [1.807, 2.05) is 0 Å². The van der Waals surface area contributed by atoms with Crippen LogP contribution in [0.4, 0.5) is 19.0 Å². The Morgan fingerprint density at radius 1 is 1.10 bits per heavy atom. The molecule has 0 unspecified atom stereocenters. The molecule has 0 saturated carbocycles. The van der Waals surface area contributed by atoms with Crippen LogP contribution in [0, 0.1) is 17.6 Å². The van der Waals surface area contributed by atoms with Crippen LogP contribution in [0.25, 0.3) is 0 Å². The van der Waals surface area contributed by atoms with E-state index in [9.17, 15) is 18.4 Å². The van der Waals surface area contributed by atoms with Gasteiger partial charge in [-0.05, 0) is 24.1 Å². The molecule has 2 amide bonds. The van der Waals surface area contributed by atoms with Crippen LogP contribution in [-0.4, -0.2) is 52.3 Å². The van der Waals surface area contributed by atoms with E-state index in [4.69, 9.17) is 5.73 Å². The average molecular weight is 432 g/mol. The van der Waals surface area contributed by atoms with Gasteiger partial charge in [0.2, 0.25) is 5.91 Å². The Kier molecular flexibility index (Phi) is 5.57. The normalized spacial score (nSPS) is 23.3. The molecule has 2 aliphatic heterocycles. The molecule has 0 radical (unpaired) electrons. The lowest BCUT2D eigenvalue weighted by Crippen LogP contribution is -2.48. The first kappa shape index (κ1) is 20.8. The maximum atomic E-state index is 15.0. The van der Waals surface area contributed by atoms with Crippen molar-refractivity contribution < 1.29 is 22.8 Å². The molecule has 1 saturated heterocycles. The van der Waals surface area contributed by atoms with Crippen molar-refractivity contribution >= 4 is 23.8 Å². The number of carbonyl (C=O) groups is 2. The number of halogens is 3. The lowest BCUT2D eigenvalue weighted by Gasteiger charge is -2.36. The molecule has 0 aliphatic carbocycles. The van der Waals surface area contributed by atoms with Gasteiger partial charge in [-0.3, -0.25) is 9.59 Å². The summed E-state index contributed by atoms with van der Waals surface area (Å²) >= 11 is 0. The van der Waals surface area contributed by atoms with Crippen molar-refractivity contribution in [2.75, 3.05) is 18.0 Å². The zero-order valence-corrected chi connectivity index (χ0v) is 16.3. The Bertz CT molecular complexity index is 1030. The zero-order chi connectivity index (χ0) is 22.1. The first-order chi connectivity index (χ1) is 14.8. The van der Waals surface area contributed by atoms with Gasteiger partial charge in [0.25, 0.3) is 5.91 Å². The van der Waals surface area contributed by atoms with Gasteiger partial charge < -0.3 is 10.6 Å². The largest absolute Gasteiger partial charge is 0.364 e. The Labute approximate surface area is 175 Å². The quantitative estimate of drug-likeness (QED) is 0.796. The van der Waals surface area contributed by atoms with Crippen LogP contribution in [0.3, 0.4) is 0 Å². The minimum Gasteiger partial charge on any atom is -0.364 e. The third kappa shape index (κ3) is 4.21. The highest BCUT2D eigenvalue weighted by molar-refractivity contribution is 5.91. The minimum atomic E-state index is -1.53. The van der Waals surface area contributed by atoms with Gasteiger partial charge in [-0.2, -0.15) is 5.10 Å². The number of nitrogens with zero attached hydrogens (tertiary/aromatic N) is 5. The third-order valence-corrected chi connectivity index (χ3v) is 5.41. The van der Waals surface area contributed by atoms with E-state index in [1.54, 1.807) is 4.90 Å². The molecule has 2 aromatic rings. The summed E-state index contributed by atoms with van der Waals surface area (Å²) in [6.45, 7) is 0.186. The highest BCUT2D eigenvalue weighted by atomic mass is 19.1. The van der Waals surface area contributed by atoms with Gasteiger partial charge in [0.1, 0.15) is 35.6 Å². The first-order valence-electron chi connectivity index (χ1n) is 9.66. The molecule has 2 N–H and O–H groups in total. The van der Waals surface area contributed by atoms with Crippen molar-refractivity contribution in [3.63, 3.8) is 0 Å². The summed E-state index contributed by atoms with van der Waals surface area (Å²) in [5, 5.41) is 5.14. The molecule has 2 aliphatic rings. The predicted molar refractivity (Wildman–Crippen MR) is 105 cm³/mol. The highest BCUT2D eigenvalue weighted by Gasteiger charge is 2.40. The van der Waals surface area contributed by atoms with Crippen LogP contribution >= 0.6 is 0 Å². The summed E-state index contributed by atoms with van der Waals surface area (Å²) in [6, 6.07) is 3.71. The summed E-state index contributed by atoms with van der Waals surface area (Å²) in [6.07, 6.45) is 1.56. The van der Waals surface area contributed by atoms with Crippen molar-refractivity contribution in [1.29, 1.82) is 0 Å². The molecule has 31 heavy (non-hydrogen) atoms. The summed E-state index contributed by atoms with van der Waals surface area (Å²) < 4.78 is 42.2. The number of primary amides is 1. The molecule has 4 rings (SSSR count). The number of anilines is 1. The van der Waals surface area contributed by atoms with Crippen molar-refractivity contribution in [3.8, 4) is 0 Å². The molecule has 3 atom stereocenters. The van der Waals surface area contributed by atoms with E-state index < -0.39 is 41.6 Å². The van der Waals surface area contributed by atoms with Crippen LogP contribution in [0.2, 0.25) is 0 Å². The lowest BCUT2D eigenvalue weighted by molar-refractivity contribution is -0.140. The standard InChI is InChI=1S/C20H19F3N6O2/c21-12-5-11(6-13(22)7-12)17-1-3-27-29(17)20(31)14-2-4-28(9-15(14)23)18-8-16(19(24)30)25-10-26-18/h3,5-8,10,14-15,17H,1-2,4,9H2,(H2,24,30)/t14-,15+,17-/m0/s1. The molecule has 0 bridgehead atoms. The Morgan fingerprint density at radius 2 is 1.84 bits per heavy atom. The first-order valence-corrected chi connectivity index (χ1v) is 9.66. The van der Waals surface area contributed by atoms with Crippen molar-refractivity contribution in [3.05, 3.63) is 53.5 Å². The molecular weight excluding hydrogens is 413 g/mol. The Morgan fingerprint density at radius 3 is 2.52 bits per heavy atom. The molecule has 1 aromatic carbocycles. The number of piperidine rings is 1. The number of rotatable bonds is 4. The van der Waals surface area contributed by atoms with Crippen LogP contribution in [0.1, 0.15) is 34.9 Å². The molecule has 1 fully saturated rings. The summed E-state index contributed by atoms with van der Waals surface area (Å²) in [5.74, 6) is -3.42. The van der Waals surface area contributed by atoms with E-state index in [-0.39, 0.29) is 30.6 Å². The lowest BCUT2D eigenvalue weighted by atomic mass is 9.92. The van der Waals surface area contributed by atoms with Crippen molar-refractivity contribution in [1.82, 2.24) is 15.0 Å². The van der Waals surface area contributed by atoms with Gasteiger partial charge in [-0.15, -0.1) is 0 Å². The summed E-state index contributed by atoms with van der Waals surface area (Å²) in [7, 11) is 0. The second kappa shape index (κ2) is 8.32. The van der Waals surface area contributed by atoms with Crippen LogP contribution in [0.5, 0.6) is 0 Å². The number of alkyl halides is 1. The van der Waals surface area contributed by atoms with Crippen LogP contribution < -0.4 is 10.6 Å². The fraction of sp³-hybridized carbons (Fsp3) is 0.350. The number of hydrogen-bond donors (Lipinski definition) is 1. The number of benzene rings is 1. The van der Waals surface area contributed by atoms with E-state index in [2.05, 4.69) is 15.1 Å². The maximum absolute atomic E-state index is 15.0. The van der Waals surface area contributed by atoms with Crippen molar-refractivity contribution in [2.45, 2.75) is 25.1 Å². The summed E-state index contributed by atoms with van der Waals surface area (Å²) in [4.78, 5) is 33.8. The molecule has 0 spiro atoms. The van der Waals surface area contributed by atoms with E-state index in [1.165, 1.54) is 18.6 Å². The maximum Gasteiger partial charge on any atom is 0.267 e. The topological polar surface area (TPSA) is 105 Å². The van der Waals surface area contributed by atoms with Gasteiger partial charge in [0, 0.05) is 31.3 Å². The highest BCUT2D eigenvalue weighted by Crippen LogP contribution is 2.34. The Balaban J connectivity index is 1.48. The Hall–Kier alpha value is -3.50. The second-order valence-electron chi connectivity index (χ2n) is 7.42. The number of nitrogens with two attached hydrogens (primary N) is 1. The van der Waals surface area contributed by atoms with Gasteiger partial charge in [-0.1, -0.05) is 0 Å². The average Bonchev–Trinajstić information content (AvgIpc) is 3.22. The van der Waals surface area contributed by atoms with Gasteiger partial charge in [0.15, 0.2) is 0 Å². The molecule has 8 nitrogen and oxygen atoms in total. The van der Waals surface area contributed by atoms with Crippen LogP contribution in [-0.2, 0) is 4.79 Å². The van der Waals surface area contributed by atoms with E-state index in [0.717, 1.165) is 23.2 Å². The molecule has 11 heteroatoms. The predicted octanol–water partition coefficient (Wildman–Crippen LogP) is 1.98. The number of amides is 2. The zero-order valence-electron chi connectivity index (χ0n) is 16.3. The monoisotopic (exact) mass is 432 g/mol. The number of hydrogen-bond acceptors (Lipinski definition) is 6. The second-order valence-corrected chi connectivity index (χ2v) is 7.42. The SMILES string of the molecule is NC(=O)c1cc(N2CC[C@H](C(=O)N3N=CC[C@H]3c3cc(F)cc(F)c3)[C@H](F)C2)ncn1. The van der Waals surface area contributed by atoms with E-state index >= 15 is 4.39 Å². The molecule has 3 heterocycles. The van der Waals surface area contributed by atoms with E-state index in [0.29, 0.717) is 12.4 Å². The van der Waals surface area contributed by atoms with Gasteiger partial charge in [0.05, 0.1) is 18.5 Å². The minimum absolute atomic E-state index is 0.00943. The van der Waals surface area contributed by atoms with Gasteiger partial charge in [-0.25, -0.2) is 28.1 Å². The van der Waals surface area contributed by atoms with Gasteiger partial charge >= 0.3 is 0 Å². The number of aromatic nitrogens is 2. The molecular formula is C20H19F3N6O2. The third-order valence-electron chi connectivity index (χ3n) is 5.41. The number of hydrazone groups is 1.